The lowest BCUT2D eigenvalue weighted by Gasteiger charge is -2.19. The second-order valence-corrected chi connectivity index (χ2v) is 6.34. The molecule has 0 saturated carbocycles. The van der Waals surface area contributed by atoms with Gasteiger partial charge in [-0.15, -0.1) is 6.42 Å². The molecule has 1 aromatic heterocycles. The molecule has 0 N–H and O–H groups in total. The Morgan fingerprint density at radius 2 is 2.18 bits per heavy atom. The molecule has 4 heteroatoms. The number of benzene rings is 1. The maximum Gasteiger partial charge on any atom is 0.223 e. The zero-order valence-electron chi connectivity index (χ0n) is 13.1. The molecule has 1 atom stereocenters. The molecule has 4 nitrogen and oxygen atoms in total. The van der Waals surface area contributed by atoms with E-state index in [4.69, 9.17) is 11.4 Å². The molecule has 1 saturated heterocycles. The molecule has 1 aliphatic heterocycles. The number of aromatic nitrogens is 2. The Bertz CT molecular complexity index is 738. The Morgan fingerprint density at radius 3 is 2.91 bits per heavy atom. The minimum Gasteiger partial charge on any atom is -0.342 e. The summed E-state index contributed by atoms with van der Waals surface area (Å²) >= 11 is 0. The lowest BCUT2D eigenvalue weighted by atomic mass is 10.1. The van der Waals surface area contributed by atoms with Gasteiger partial charge in [0.25, 0.3) is 0 Å². The Labute approximate surface area is 131 Å². The van der Waals surface area contributed by atoms with Crippen LogP contribution in [0.2, 0.25) is 0 Å². The number of para-hydroxylation sites is 2. The monoisotopic (exact) mass is 295 g/mol. The number of carbonyl (C=O) groups is 1. The summed E-state index contributed by atoms with van der Waals surface area (Å²) in [6.45, 7) is 6.31. The van der Waals surface area contributed by atoms with Crippen LogP contribution in [0.25, 0.3) is 11.0 Å². The van der Waals surface area contributed by atoms with Crippen LogP contribution in [0.3, 0.4) is 0 Å². The van der Waals surface area contributed by atoms with Crippen molar-refractivity contribution in [3.8, 4) is 12.3 Å². The third-order valence-electron chi connectivity index (χ3n) is 4.10. The van der Waals surface area contributed by atoms with Gasteiger partial charge in [0.2, 0.25) is 5.91 Å². The Balaban J connectivity index is 1.95. The van der Waals surface area contributed by atoms with Gasteiger partial charge in [-0.3, -0.25) is 4.79 Å². The number of nitrogens with zero attached hydrogens (tertiary/aromatic N) is 3. The summed E-state index contributed by atoms with van der Waals surface area (Å²) in [5.74, 6) is 4.48. The first-order valence-corrected chi connectivity index (χ1v) is 7.76. The van der Waals surface area contributed by atoms with Gasteiger partial charge in [0.15, 0.2) is 0 Å². The van der Waals surface area contributed by atoms with Crippen molar-refractivity contribution < 1.29 is 4.79 Å². The van der Waals surface area contributed by atoms with Gasteiger partial charge < -0.3 is 9.47 Å². The molecule has 0 unspecified atom stereocenters. The van der Waals surface area contributed by atoms with Gasteiger partial charge in [-0.2, -0.15) is 0 Å². The van der Waals surface area contributed by atoms with E-state index in [1.807, 2.05) is 29.2 Å². The molecule has 3 rings (SSSR count). The molecule has 2 aromatic rings. The van der Waals surface area contributed by atoms with Crippen molar-refractivity contribution in [3.63, 3.8) is 0 Å². The van der Waals surface area contributed by atoms with Crippen molar-refractivity contribution in [2.75, 3.05) is 13.1 Å². The zero-order chi connectivity index (χ0) is 15.7. The van der Waals surface area contributed by atoms with E-state index >= 15 is 0 Å². The van der Waals surface area contributed by atoms with E-state index in [9.17, 15) is 4.79 Å². The number of likely N-dealkylation sites (tertiary alicyclic amines) is 1. The van der Waals surface area contributed by atoms with Gasteiger partial charge in [0, 0.05) is 25.4 Å². The normalized spacial score (nSPS) is 18.4. The Hall–Kier alpha value is -2.28. The number of fused-ring (bicyclic) bond motifs is 1. The van der Waals surface area contributed by atoms with Crippen molar-refractivity contribution in [2.45, 2.75) is 32.7 Å². The van der Waals surface area contributed by atoms with E-state index < -0.39 is 0 Å². The number of hydrogen-bond donors (Lipinski definition) is 0. The van der Waals surface area contributed by atoms with E-state index in [0.29, 0.717) is 18.9 Å². The van der Waals surface area contributed by atoms with Crippen molar-refractivity contribution in [3.05, 3.63) is 30.1 Å². The van der Waals surface area contributed by atoms with Crippen LogP contribution in [0.4, 0.5) is 0 Å². The second kappa shape index (κ2) is 5.84. The van der Waals surface area contributed by atoms with Crippen LogP contribution in [-0.2, 0) is 11.3 Å². The van der Waals surface area contributed by atoms with E-state index in [0.717, 1.165) is 29.9 Å². The standard InChI is InChI=1S/C18H21N3O/c1-4-9-21-16-8-6-5-7-15(16)19-18(21)14-10-17(22)20(12-14)11-13(2)3/h1,5-8,13-14H,9-12H2,2-3H3/t14-/m0/s1. The van der Waals surface area contributed by atoms with Gasteiger partial charge in [-0.05, 0) is 18.1 Å². The Morgan fingerprint density at radius 1 is 1.41 bits per heavy atom. The number of carbonyl (C=O) groups excluding carboxylic acids is 1. The van der Waals surface area contributed by atoms with Gasteiger partial charge in [-0.1, -0.05) is 31.9 Å². The highest BCUT2D eigenvalue weighted by Gasteiger charge is 2.33. The summed E-state index contributed by atoms with van der Waals surface area (Å²) < 4.78 is 2.08. The van der Waals surface area contributed by atoms with Crippen molar-refractivity contribution in [2.24, 2.45) is 5.92 Å². The highest BCUT2D eigenvalue weighted by atomic mass is 16.2. The lowest BCUT2D eigenvalue weighted by molar-refractivity contribution is -0.128. The summed E-state index contributed by atoms with van der Waals surface area (Å²) in [7, 11) is 0. The fraction of sp³-hybridized carbons (Fsp3) is 0.444. The first-order valence-electron chi connectivity index (χ1n) is 7.76. The molecule has 1 fully saturated rings. The molecule has 0 bridgehead atoms. The predicted molar refractivity (Wildman–Crippen MR) is 87.3 cm³/mol. The van der Waals surface area contributed by atoms with Crippen LogP contribution in [0.15, 0.2) is 24.3 Å². The number of rotatable bonds is 4. The maximum absolute atomic E-state index is 12.2. The van der Waals surface area contributed by atoms with Crippen LogP contribution >= 0.6 is 0 Å². The van der Waals surface area contributed by atoms with Gasteiger partial charge in [0.05, 0.1) is 17.6 Å². The minimum absolute atomic E-state index is 0.131. The van der Waals surface area contributed by atoms with E-state index in [1.54, 1.807) is 0 Å². The number of hydrogen-bond acceptors (Lipinski definition) is 2. The molecule has 1 aliphatic rings. The SMILES string of the molecule is C#CCn1c([C@H]2CC(=O)N(CC(C)C)C2)nc2ccccc21. The fourth-order valence-electron chi connectivity index (χ4n) is 3.23. The molecule has 1 amide bonds. The average molecular weight is 295 g/mol. The third-order valence-corrected chi connectivity index (χ3v) is 4.10. The smallest absolute Gasteiger partial charge is 0.223 e. The highest BCUT2D eigenvalue weighted by Crippen LogP contribution is 2.30. The zero-order valence-corrected chi connectivity index (χ0v) is 13.1. The van der Waals surface area contributed by atoms with E-state index in [2.05, 4.69) is 24.3 Å². The van der Waals surface area contributed by atoms with E-state index in [-0.39, 0.29) is 11.8 Å². The lowest BCUT2D eigenvalue weighted by Crippen LogP contribution is -2.29. The molecule has 0 radical (unpaired) electrons. The Kier molecular flexibility index (Phi) is 3.89. The maximum atomic E-state index is 12.2. The number of imidazole rings is 1. The van der Waals surface area contributed by atoms with Gasteiger partial charge in [0.1, 0.15) is 5.82 Å². The third kappa shape index (κ3) is 2.59. The first-order chi connectivity index (χ1) is 10.6. The molecule has 1 aromatic carbocycles. The van der Waals surface area contributed by atoms with Crippen molar-refractivity contribution >= 4 is 16.9 Å². The van der Waals surface area contributed by atoms with Crippen LogP contribution < -0.4 is 0 Å². The summed E-state index contributed by atoms with van der Waals surface area (Å²) in [6, 6.07) is 8.00. The predicted octanol–water partition coefficient (Wildman–Crippen LogP) is 2.64. The van der Waals surface area contributed by atoms with Crippen LogP contribution in [0.1, 0.15) is 32.0 Å². The summed E-state index contributed by atoms with van der Waals surface area (Å²) in [4.78, 5) is 18.9. The highest BCUT2D eigenvalue weighted by molar-refractivity contribution is 5.81. The molecule has 2 heterocycles. The summed E-state index contributed by atoms with van der Waals surface area (Å²) in [6.07, 6.45) is 6.05. The van der Waals surface area contributed by atoms with Crippen LogP contribution in [-0.4, -0.2) is 33.4 Å². The second-order valence-electron chi connectivity index (χ2n) is 6.34. The van der Waals surface area contributed by atoms with Gasteiger partial charge in [-0.25, -0.2) is 4.98 Å². The minimum atomic E-state index is 0.131. The van der Waals surface area contributed by atoms with Crippen LogP contribution in [0.5, 0.6) is 0 Å². The fourth-order valence-corrected chi connectivity index (χ4v) is 3.23. The first kappa shape index (κ1) is 14.6. The summed E-state index contributed by atoms with van der Waals surface area (Å²) in [5, 5.41) is 0. The molecular formula is C18H21N3O. The molecule has 114 valence electrons. The largest absolute Gasteiger partial charge is 0.342 e. The topological polar surface area (TPSA) is 38.1 Å². The van der Waals surface area contributed by atoms with Gasteiger partial charge >= 0.3 is 0 Å². The quantitative estimate of drug-likeness (QED) is 0.813. The molecule has 22 heavy (non-hydrogen) atoms. The molecule has 0 aliphatic carbocycles. The van der Waals surface area contributed by atoms with Crippen molar-refractivity contribution in [1.82, 2.24) is 14.5 Å². The molecular weight excluding hydrogens is 274 g/mol. The van der Waals surface area contributed by atoms with Crippen LogP contribution in [0, 0.1) is 18.3 Å². The number of amides is 1. The summed E-state index contributed by atoms with van der Waals surface area (Å²) in [5.41, 5.74) is 1.99. The molecule has 0 spiro atoms. The average Bonchev–Trinajstić information content (AvgIpc) is 3.01. The van der Waals surface area contributed by atoms with E-state index in [1.165, 1.54) is 0 Å². The number of terminal acetylenes is 1. The van der Waals surface area contributed by atoms with Crippen molar-refractivity contribution in [1.29, 1.82) is 0 Å².